The smallest absolute Gasteiger partial charge is 0.266 e. The molecule has 25 heavy (non-hydrogen) atoms. The van der Waals surface area contributed by atoms with Crippen molar-refractivity contribution in [2.24, 2.45) is 0 Å². The van der Waals surface area contributed by atoms with E-state index in [-0.39, 0.29) is 5.57 Å². The summed E-state index contributed by atoms with van der Waals surface area (Å²) >= 11 is 0. The number of benzene rings is 2. The molecule has 5 heteroatoms. The average molecular weight is 328 g/mol. The van der Waals surface area contributed by atoms with Gasteiger partial charge in [-0.15, -0.1) is 0 Å². The topological polar surface area (TPSA) is 70.7 Å². The summed E-state index contributed by atoms with van der Waals surface area (Å²) in [4.78, 5) is 12.3. The van der Waals surface area contributed by atoms with Gasteiger partial charge in [-0.1, -0.05) is 35.9 Å². The van der Waals surface area contributed by atoms with Gasteiger partial charge >= 0.3 is 0 Å². The Morgan fingerprint density at radius 1 is 1.16 bits per heavy atom. The lowest BCUT2D eigenvalue weighted by Crippen LogP contribution is -2.13. The van der Waals surface area contributed by atoms with Gasteiger partial charge in [0.15, 0.2) is 0 Å². The predicted octanol–water partition coefficient (Wildman–Crippen LogP) is 3.73. The van der Waals surface area contributed by atoms with Gasteiger partial charge in [0.25, 0.3) is 5.91 Å². The van der Waals surface area contributed by atoms with Crippen molar-refractivity contribution in [2.75, 3.05) is 5.32 Å². The first-order valence-corrected chi connectivity index (χ1v) is 7.75. The molecule has 0 atom stereocenters. The number of hydrogen-bond acceptors (Lipinski definition) is 3. The standard InChI is InChI=1S/C20H16N4O/c1-15-7-9-18(10-8-15)23-20(25)17(12-21)11-16-13-22-24(14-16)19-5-3-2-4-6-19/h2-11,13-14H,1H3,(H,23,25)/b17-11+. The fraction of sp³-hybridized carbons (Fsp3) is 0.0500. The molecule has 0 spiro atoms. The van der Waals surface area contributed by atoms with Gasteiger partial charge < -0.3 is 5.32 Å². The molecule has 2 aromatic carbocycles. The van der Waals surface area contributed by atoms with E-state index in [2.05, 4.69) is 10.4 Å². The third kappa shape index (κ3) is 4.01. The number of carbonyl (C=O) groups is 1. The van der Waals surface area contributed by atoms with Crippen molar-refractivity contribution in [3.05, 3.63) is 83.7 Å². The predicted molar refractivity (Wildman–Crippen MR) is 97.0 cm³/mol. The molecular formula is C20H16N4O. The van der Waals surface area contributed by atoms with E-state index in [0.29, 0.717) is 11.3 Å². The van der Waals surface area contributed by atoms with Gasteiger partial charge in [0.1, 0.15) is 11.6 Å². The Kier molecular flexibility index (Phi) is 4.72. The van der Waals surface area contributed by atoms with Crippen LogP contribution in [0.5, 0.6) is 0 Å². The molecule has 0 bridgehead atoms. The van der Waals surface area contributed by atoms with Crippen molar-refractivity contribution in [1.29, 1.82) is 5.26 Å². The summed E-state index contributed by atoms with van der Waals surface area (Å²) in [7, 11) is 0. The van der Waals surface area contributed by atoms with E-state index in [1.807, 2.05) is 55.5 Å². The van der Waals surface area contributed by atoms with Crippen LogP contribution in [0.3, 0.4) is 0 Å². The number of nitrogens with zero attached hydrogens (tertiary/aromatic N) is 3. The van der Waals surface area contributed by atoms with Crippen LogP contribution in [0, 0.1) is 18.3 Å². The van der Waals surface area contributed by atoms with E-state index >= 15 is 0 Å². The van der Waals surface area contributed by atoms with E-state index < -0.39 is 5.91 Å². The second-order valence-electron chi connectivity index (χ2n) is 5.54. The van der Waals surface area contributed by atoms with Crippen LogP contribution in [0.4, 0.5) is 5.69 Å². The van der Waals surface area contributed by atoms with Gasteiger partial charge in [-0.2, -0.15) is 10.4 Å². The van der Waals surface area contributed by atoms with Crippen molar-refractivity contribution in [2.45, 2.75) is 6.92 Å². The molecule has 3 aromatic rings. The highest BCUT2D eigenvalue weighted by molar-refractivity contribution is 6.09. The molecule has 0 fully saturated rings. The van der Waals surface area contributed by atoms with Gasteiger partial charge in [0.2, 0.25) is 0 Å². The SMILES string of the molecule is Cc1ccc(NC(=O)/C(C#N)=C/c2cnn(-c3ccccc3)c2)cc1. The molecule has 0 aliphatic heterocycles. The number of nitriles is 1. The fourth-order valence-electron chi connectivity index (χ4n) is 2.28. The zero-order valence-electron chi connectivity index (χ0n) is 13.7. The lowest BCUT2D eigenvalue weighted by atomic mass is 10.2. The second-order valence-corrected chi connectivity index (χ2v) is 5.54. The van der Waals surface area contributed by atoms with Crippen LogP contribution in [0.2, 0.25) is 0 Å². The Morgan fingerprint density at radius 2 is 1.88 bits per heavy atom. The van der Waals surface area contributed by atoms with Crippen molar-refractivity contribution in [1.82, 2.24) is 9.78 Å². The van der Waals surface area contributed by atoms with Crippen LogP contribution >= 0.6 is 0 Å². The number of amides is 1. The Hall–Kier alpha value is -3.65. The third-order valence-corrected chi connectivity index (χ3v) is 3.61. The maximum absolute atomic E-state index is 12.3. The molecule has 1 N–H and O–H groups in total. The number of carbonyl (C=O) groups excluding carboxylic acids is 1. The summed E-state index contributed by atoms with van der Waals surface area (Å²) in [5.41, 5.74) is 3.36. The summed E-state index contributed by atoms with van der Waals surface area (Å²) in [6, 6.07) is 19.0. The highest BCUT2D eigenvalue weighted by atomic mass is 16.1. The van der Waals surface area contributed by atoms with Crippen molar-refractivity contribution >= 4 is 17.7 Å². The molecule has 122 valence electrons. The van der Waals surface area contributed by atoms with E-state index in [1.165, 1.54) is 6.08 Å². The monoisotopic (exact) mass is 328 g/mol. The second kappa shape index (κ2) is 7.28. The largest absolute Gasteiger partial charge is 0.321 e. The molecule has 0 radical (unpaired) electrons. The summed E-state index contributed by atoms with van der Waals surface area (Å²) in [6.07, 6.45) is 4.91. The Bertz CT molecular complexity index is 947. The molecule has 0 saturated carbocycles. The number of rotatable bonds is 4. The van der Waals surface area contributed by atoms with E-state index in [1.54, 1.807) is 29.2 Å². The number of nitrogens with one attached hydrogen (secondary N) is 1. The molecule has 1 heterocycles. The average Bonchev–Trinajstić information content (AvgIpc) is 3.11. The Balaban J connectivity index is 1.78. The molecule has 1 amide bonds. The zero-order valence-corrected chi connectivity index (χ0v) is 13.7. The first-order chi connectivity index (χ1) is 12.2. The van der Waals surface area contributed by atoms with Gasteiger partial charge in [0, 0.05) is 17.4 Å². The number of aryl methyl sites for hydroxylation is 1. The minimum absolute atomic E-state index is 0.0215. The number of anilines is 1. The van der Waals surface area contributed by atoms with Gasteiger partial charge in [-0.3, -0.25) is 4.79 Å². The summed E-state index contributed by atoms with van der Waals surface area (Å²) in [5.74, 6) is -0.446. The van der Waals surface area contributed by atoms with E-state index in [0.717, 1.165) is 11.3 Å². The highest BCUT2D eigenvalue weighted by Gasteiger charge is 2.10. The minimum Gasteiger partial charge on any atom is -0.321 e. The molecule has 3 rings (SSSR count). The third-order valence-electron chi connectivity index (χ3n) is 3.61. The molecule has 0 saturated heterocycles. The van der Waals surface area contributed by atoms with E-state index in [4.69, 9.17) is 0 Å². The molecular weight excluding hydrogens is 312 g/mol. The normalized spacial score (nSPS) is 11.0. The molecule has 1 aromatic heterocycles. The number of aromatic nitrogens is 2. The van der Waals surface area contributed by atoms with Crippen molar-refractivity contribution in [3.8, 4) is 11.8 Å². The number of para-hydroxylation sites is 1. The van der Waals surface area contributed by atoms with Gasteiger partial charge in [-0.05, 0) is 37.3 Å². The Morgan fingerprint density at radius 3 is 2.56 bits per heavy atom. The number of hydrogen-bond donors (Lipinski definition) is 1. The maximum atomic E-state index is 12.3. The molecule has 0 unspecified atom stereocenters. The van der Waals surface area contributed by atoms with Crippen LogP contribution in [0.1, 0.15) is 11.1 Å². The van der Waals surface area contributed by atoms with Crippen LogP contribution in [0.25, 0.3) is 11.8 Å². The zero-order chi connectivity index (χ0) is 17.6. The molecule has 0 aliphatic rings. The summed E-state index contributed by atoms with van der Waals surface area (Å²) < 4.78 is 1.69. The maximum Gasteiger partial charge on any atom is 0.266 e. The highest BCUT2D eigenvalue weighted by Crippen LogP contribution is 2.13. The Labute approximate surface area is 145 Å². The van der Waals surface area contributed by atoms with Gasteiger partial charge in [0.05, 0.1) is 11.9 Å². The lowest BCUT2D eigenvalue weighted by Gasteiger charge is -2.04. The fourth-order valence-corrected chi connectivity index (χ4v) is 2.28. The van der Waals surface area contributed by atoms with Crippen LogP contribution in [-0.2, 0) is 4.79 Å². The van der Waals surface area contributed by atoms with Crippen LogP contribution < -0.4 is 5.32 Å². The van der Waals surface area contributed by atoms with Crippen LogP contribution in [0.15, 0.2) is 72.6 Å². The van der Waals surface area contributed by atoms with Crippen molar-refractivity contribution < 1.29 is 4.79 Å². The lowest BCUT2D eigenvalue weighted by molar-refractivity contribution is -0.112. The molecule has 0 aliphatic carbocycles. The summed E-state index contributed by atoms with van der Waals surface area (Å²) in [5, 5.41) is 16.3. The first kappa shape index (κ1) is 16.2. The van der Waals surface area contributed by atoms with E-state index in [9.17, 15) is 10.1 Å². The first-order valence-electron chi connectivity index (χ1n) is 7.75. The quantitative estimate of drug-likeness (QED) is 0.586. The summed E-state index contributed by atoms with van der Waals surface area (Å²) in [6.45, 7) is 1.97. The van der Waals surface area contributed by atoms with Gasteiger partial charge in [-0.25, -0.2) is 4.68 Å². The van der Waals surface area contributed by atoms with Crippen molar-refractivity contribution in [3.63, 3.8) is 0 Å². The minimum atomic E-state index is -0.446. The molecule has 5 nitrogen and oxygen atoms in total. The van der Waals surface area contributed by atoms with Crippen LogP contribution in [-0.4, -0.2) is 15.7 Å².